The van der Waals surface area contributed by atoms with Gasteiger partial charge in [0.1, 0.15) is 0 Å². The van der Waals surface area contributed by atoms with E-state index in [4.69, 9.17) is 35.4 Å². The van der Waals surface area contributed by atoms with E-state index in [1.807, 2.05) is 12.1 Å². The molecule has 3 nitrogen and oxygen atoms in total. The third-order valence-electron chi connectivity index (χ3n) is 4.28. The molecule has 0 aromatic heterocycles. The molecule has 1 heterocycles. The smallest absolute Gasteiger partial charge is 0.173 e. The van der Waals surface area contributed by atoms with Crippen molar-refractivity contribution < 1.29 is 4.79 Å². The number of thiocarbonyl (C=S) groups is 1. The summed E-state index contributed by atoms with van der Waals surface area (Å²) in [6.45, 7) is 2.94. The van der Waals surface area contributed by atoms with Crippen molar-refractivity contribution in [2.45, 2.75) is 38.6 Å². The number of ketones is 1. The Kier molecular flexibility index (Phi) is 4.95. The highest BCUT2D eigenvalue weighted by molar-refractivity contribution is 7.80. The number of carbonyl (C=O) groups is 1. The molecule has 1 aliphatic carbocycles. The number of hydrogen-bond donors (Lipinski definition) is 1. The first kappa shape index (κ1) is 16.7. The zero-order valence-electron chi connectivity index (χ0n) is 12.9. The van der Waals surface area contributed by atoms with Crippen molar-refractivity contribution in [3.63, 3.8) is 0 Å². The summed E-state index contributed by atoms with van der Waals surface area (Å²) < 4.78 is 0. The number of benzene rings is 1. The van der Waals surface area contributed by atoms with Gasteiger partial charge in [-0.3, -0.25) is 4.79 Å². The molecule has 3 rings (SSSR count). The van der Waals surface area contributed by atoms with Gasteiger partial charge in [0.25, 0.3) is 0 Å². The van der Waals surface area contributed by atoms with Crippen molar-refractivity contribution in [3.05, 3.63) is 45.1 Å². The summed E-state index contributed by atoms with van der Waals surface area (Å²) in [6.07, 6.45) is 3.34. The first-order chi connectivity index (χ1) is 11.0. The van der Waals surface area contributed by atoms with E-state index in [2.05, 4.69) is 17.1 Å². The maximum atomic E-state index is 12.6. The van der Waals surface area contributed by atoms with Crippen LogP contribution < -0.4 is 5.32 Å². The van der Waals surface area contributed by atoms with E-state index in [1.165, 1.54) is 0 Å². The van der Waals surface area contributed by atoms with Gasteiger partial charge >= 0.3 is 0 Å². The Bertz CT molecular complexity index is 702. The number of rotatable bonds is 3. The zero-order chi connectivity index (χ0) is 16.6. The molecule has 0 amide bonds. The number of nitrogens with one attached hydrogen (secondary N) is 1. The number of hydrogen-bond acceptors (Lipinski definition) is 2. The second-order valence-corrected chi connectivity index (χ2v) is 7.05. The lowest BCUT2D eigenvalue weighted by Crippen LogP contribution is -2.49. The number of carbonyl (C=O) groups excluding carboxylic acids is 1. The van der Waals surface area contributed by atoms with Crippen LogP contribution in [0.15, 0.2) is 29.5 Å². The third-order valence-corrected chi connectivity index (χ3v) is 5.36. The highest BCUT2D eigenvalue weighted by atomic mass is 35.5. The van der Waals surface area contributed by atoms with E-state index in [9.17, 15) is 4.79 Å². The van der Waals surface area contributed by atoms with Crippen LogP contribution in [0.5, 0.6) is 0 Å². The van der Waals surface area contributed by atoms with Gasteiger partial charge in [0, 0.05) is 24.2 Å². The molecule has 23 heavy (non-hydrogen) atoms. The summed E-state index contributed by atoms with van der Waals surface area (Å²) in [5, 5.41) is 4.99. The van der Waals surface area contributed by atoms with Gasteiger partial charge in [0.05, 0.1) is 16.1 Å². The van der Waals surface area contributed by atoms with Crippen LogP contribution in [0.25, 0.3) is 0 Å². The largest absolute Gasteiger partial charge is 0.351 e. The van der Waals surface area contributed by atoms with Crippen LogP contribution in [0.4, 0.5) is 0 Å². The van der Waals surface area contributed by atoms with Gasteiger partial charge in [-0.25, -0.2) is 0 Å². The van der Waals surface area contributed by atoms with Crippen LogP contribution in [0.2, 0.25) is 10.0 Å². The molecule has 0 radical (unpaired) electrons. The highest BCUT2D eigenvalue weighted by Gasteiger charge is 2.36. The molecule has 1 aromatic carbocycles. The lowest BCUT2D eigenvalue weighted by Gasteiger charge is -2.41. The number of allylic oxidation sites excluding steroid dienone is 1. The van der Waals surface area contributed by atoms with E-state index in [0.29, 0.717) is 21.6 Å². The van der Waals surface area contributed by atoms with Crippen molar-refractivity contribution in [2.75, 3.05) is 6.54 Å². The minimum Gasteiger partial charge on any atom is -0.351 e. The predicted octanol–water partition coefficient (Wildman–Crippen LogP) is 4.64. The summed E-state index contributed by atoms with van der Waals surface area (Å²) in [4.78, 5) is 14.7. The van der Waals surface area contributed by atoms with Crippen LogP contribution in [0, 0.1) is 0 Å². The molecule has 1 unspecified atom stereocenters. The van der Waals surface area contributed by atoms with Crippen LogP contribution >= 0.6 is 35.4 Å². The van der Waals surface area contributed by atoms with Crippen LogP contribution in [0.1, 0.15) is 44.2 Å². The Balaban J connectivity index is 2.09. The standard InChI is InChI=1S/C17H18Cl2N2OS/c1-2-8-21-13-4-3-5-14(22)15(13)16(20-17(21)23)10-6-7-11(18)12(19)9-10/h6-7,9,16H,2-5,8H2,1H3,(H,20,23). The van der Waals surface area contributed by atoms with Gasteiger partial charge in [-0.15, -0.1) is 0 Å². The van der Waals surface area contributed by atoms with Gasteiger partial charge in [0.2, 0.25) is 0 Å². The Labute approximate surface area is 151 Å². The summed E-state index contributed by atoms with van der Waals surface area (Å²) in [6, 6.07) is 5.23. The number of nitrogens with zero attached hydrogens (tertiary/aromatic N) is 1. The summed E-state index contributed by atoms with van der Waals surface area (Å²) in [7, 11) is 0. The molecule has 1 aliphatic heterocycles. The van der Waals surface area contributed by atoms with Gasteiger partial charge in [0.15, 0.2) is 10.9 Å². The Hall–Kier alpha value is -1.10. The van der Waals surface area contributed by atoms with E-state index in [-0.39, 0.29) is 11.8 Å². The fourth-order valence-corrected chi connectivity index (χ4v) is 3.88. The maximum Gasteiger partial charge on any atom is 0.173 e. The van der Waals surface area contributed by atoms with Gasteiger partial charge in [-0.2, -0.15) is 0 Å². The van der Waals surface area contributed by atoms with Gasteiger partial charge < -0.3 is 10.2 Å². The molecule has 122 valence electrons. The molecular weight excluding hydrogens is 351 g/mol. The highest BCUT2D eigenvalue weighted by Crippen LogP contribution is 2.38. The number of Topliss-reactive ketones (excluding diaryl/α,β-unsaturated/α-hetero) is 1. The van der Waals surface area contributed by atoms with Crippen molar-refractivity contribution in [1.29, 1.82) is 0 Å². The van der Waals surface area contributed by atoms with Crippen LogP contribution in [-0.2, 0) is 4.79 Å². The molecule has 0 saturated heterocycles. The molecule has 1 aromatic rings. The monoisotopic (exact) mass is 368 g/mol. The zero-order valence-corrected chi connectivity index (χ0v) is 15.2. The topological polar surface area (TPSA) is 32.3 Å². The maximum absolute atomic E-state index is 12.6. The Morgan fingerprint density at radius 3 is 2.78 bits per heavy atom. The minimum atomic E-state index is -0.242. The van der Waals surface area contributed by atoms with Crippen molar-refractivity contribution in [1.82, 2.24) is 10.2 Å². The minimum absolute atomic E-state index is 0.193. The Morgan fingerprint density at radius 1 is 1.30 bits per heavy atom. The van der Waals surface area contributed by atoms with E-state index in [0.717, 1.165) is 42.6 Å². The average Bonchev–Trinajstić information content (AvgIpc) is 2.53. The fraction of sp³-hybridized carbons (Fsp3) is 0.412. The molecule has 0 saturated carbocycles. The first-order valence-corrected chi connectivity index (χ1v) is 8.98. The second kappa shape index (κ2) is 6.80. The lowest BCUT2D eigenvalue weighted by atomic mass is 9.85. The first-order valence-electron chi connectivity index (χ1n) is 7.82. The lowest BCUT2D eigenvalue weighted by molar-refractivity contribution is -0.116. The summed E-state index contributed by atoms with van der Waals surface area (Å²) in [5.41, 5.74) is 2.82. The SMILES string of the molecule is CCCN1C(=S)NC(c2ccc(Cl)c(Cl)c2)C2=C1CCCC2=O. The van der Waals surface area contributed by atoms with Gasteiger partial charge in [-0.1, -0.05) is 36.2 Å². The Morgan fingerprint density at radius 2 is 2.09 bits per heavy atom. The van der Waals surface area contributed by atoms with Crippen molar-refractivity contribution >= 4 is 46.3 Å². The molecular formula is C17H18Cl2N2OS. The quantitative estimate of drug-likeness (QED) is 0.787. The summed E-state index contributed by atoms with van der Waals surface area (Å²) in [5.74, 6) is 0.193. The molecule has 1 atom stereocenters. The normalized spacial score (nSPS) is 21.3. The van der Waals surface area contributed by atoms with Gasteiger partial charge in [-0.05, 0) is 49.2 Å². The molecule has 0 fully saturated rings. The molecule has 6 heteroatoms. The van der Waals surface area contributed by atoms with Crippen LogP contribution in [-0.4, -0.2) is 22.3 Å². The average molecular weight is 369 g/mol. The summed E-state index contributed by atoms with van der Waals surface area (Å²) >= 11 is 17.7. The van der Waals surface area contributed by atoms with E-state index in [1.54, 1.807) is 6.07 Å². The molecule has 0 spiro atoms. The second-order valence-electron chi connectivity index (χ2n) is 5.84. The number of halogens is 2. The molecule has 1 N–H and O–H groups in total. The third kappa shape index (κ3) is 3.12. The van der Waals surface area contributed by atoms with Crippen molar-refractivity contribution in [3.8, 4) is 0 Å². The molecule has 0 bridgehead atoms. The fourth-order valence-electron chi connectivity index (χ4n) is 3.25. The van der Waals surface area contributed by atoms with Crippen LogP contribution in [0.3, 0.4) is 0 Å². The predicted molar refractivity (Wildman–Crippen MR) is 97.8 cm³/mol. The van der Waals surface area contributed by atoms with Crippen molar-refractivity contribution in [2.24, 2.45) is 0 Å². The molecule has 2 aliphatic rings. The van der Waals surface area contributed by atoms with E-state index >= 15 is 0 Å². The van der Waals surface area contributed by atoms with E-state index < -0.39 is 0 Å².